The van der Waals surface area contributed by atoms with Gasteiger partial charge in [0.2, 0.25) is 0 Å². The maximum absolute atomic E-state index is 9.80. The summed E-state index contributed by atoms with van der Waals surface area (Å²) in [7, 11) is 3.20. The Kier molecular flexibility index (Phi) is 1.96. The minimum absolute atomic E-state index is 0.0442. The zero-order valence-corrected chi connectivity index (χ0v) is 8.77. The molecule has 0 fully saturated rings. The summed E-state index contributed by atoms with van der Waals surface area (Å²) in [6, 6.07) is 1.37. The van der Waals surface area contributed by atoms with Crippen LogP contribution in [0.5, 0.6) is 17.2 Å². The molecule has 0 unspecified atom stereocenters. The molecule has 0 radical (unpaired) electrons. The van der Waals surface area contributed by atoms with Crippen LogP contribution in [0.15, 0.2) is 6.07 Å². The smallest absolute Gasteiger partial charge is 0.186 e. The summed E-state index contributed by atoms with van der Waals surface area (Å²) in [4.78, 5) is 4.15. The average Bonchev–Trinajstić information content (AvgIpc) is 2.50. The average molecular weight is 208 g/mol. The Hall–Kier alpha value is -1.91. The van der Waals surface area contributed by atoms with Crippen molar-refractivity contribution in [3.8, 4) is 17.2 Å². The number of phenols is 2. The van der Waals surface area contributed by atoms with Gasteiger partial charge in [-0.05, 0) is 6.92 Å². The molecule has 0 amide bonds. The van der Waals surface area contributed by atoms with Gasteiger partial charge in [-0.25, -0.2) is 4.98 Å². The van der Waals surface area contributed by atoms with Crippen molar-refractivity contribution in [1.29, 1.82) is 0 Å². The standard InChI is InChI=1S/C10H12N2O3/c1-5-11-8-9(12(5)2)6(13)4-7(15-3)10(8)14/h4,13-14H,1-3H3. The quantitative estimate of drug-likeness (QED) is 0.693. The molecule has 1 aromatic carbocycles. The molecule has 80 valence electrons. The number of benzene rings is 1. The molecule has 5 heteroatoms. The zero-order valence-electron chi connectivity index (χ0n) is 8.77. The van der Waals surface area contributed by atoms with Crippen LogP contribution in [0, 0.1) is 6.92 Å². The molecule has 0 saturated heterocycles. The van der Waals surface area contributed by atoms with Gasteiger partial charge in [-0.2, -0.15) is 0 Å². The van der Waals surface area contributed by atoms with E-state index in [1.54, 1.807) is 18.5 Å². The maximum Gasteiger partial charge on any atom is 0.186 e. The van der Waals surface area contributed by atoms with Gasteiger partial charge in [0.05, 0.1) is 7.11 Å². The fourth-order valence-electron chi connectivity index (χ4n) is 1.60. The number of aromatic hydroxyl groups is 2. The SMILES string of the molecule is COc1cc(O)c2c(nc(C)n2C)c1O. The van der Waals surface area contributed by atoms with Crippen LogP contribution in [0.25, 0.3) is 11.0 Å². The molecule has 0 aliphatic carbocycles. The summed E-state index contributed by atoms with van der Waals surface area (Å²) >= 11 is 0. The first-order valence-corrected chi connectivity index (χ1v) is 4.48. The highest BCUT2D eigenvalue weighted by atomic mass is 16.5. The van der Waals surface area contributed by atoms with Crippen LogP contribution in [-0.4, -0.2) is 26.9 Å². The van der Waals surface area contributed by atoms with Crippen LogP contribution in [0.1, 0.15) is 5.82 Å². The molecular weight excluding hydrogens is 196 g/mol. The van der Waals surface area contributed by atoms with Crippen molar-refractivity contribution < 1.29 is 14.9 Å². The molecule has 2 N–H and O–H groups in total. The number of nitrogens with zero attached hydrogens (tertiary/aromatic N) is 2. The highest BCUT2D eigenvalue weighted by Gasteiger charge is 2.17. The van der Waals surface area contributed by atoms with Crippen molar-refractivity contribution >= 4 is 11.0 Å². The van der Waals surface area contributed by atoms with E-state index < -0.39 is 0 Å². The van der Waals surface area contributed by atoms with Gasteiger partial charge in [0.1, 0.15) is 22.6 Å². The van der Waals surface area contributed by atoms with Gasteiger partial charge in [-0.15, -0.1) is 0 Å². The Morgan fingerprint density at radius 3 is 2.67 bits per heavy atom. The topological polar surface area (TPSA) is 67.5 Å². The Bertz CT molecular complexity index is 531. The van der Waals surface area contributed by atoms with Crippen molar-refractivity contribution in [1.82, 2.24) is 9.55 Å². The van der Waals surface area contributed by atoms with Gasteiger partial charge < -0.3 is 19.5 Å². The van der Waals surface area contributed by atoms with Crippen LogP contribution in [0.4, 0.5) is 0 Å². The third-order valence-electron chi connectivity index (χ3n) is 2.51. The molecule has 15 heavy (non-hydrogen) atoms. The molecule has 0 spiro atoms. The van der Waals surface area contributed by atoms with Crippen molar-refractivity contribution in [2.45, 2.75) is 6.92 Å². The van der Waals surface area contributed by atoms with E-state index in [-0.39, 0.29) is 17.2 Å². The van der Waals surface area contributed by atoms with E-state index in [1.807, 2.05) is 0 Å². The Balaban J connectivity index is 2.93. The molecule has 0 saturated carbocycles. The van der Waals surface area contributed by atoms with Crippen molar-refractivity contribution in [2.75, 3.05) is 7.11 Å². The highest BCUT2D eigenvalue weighted by molar-refractivity contribution is 5.90. The second kappa shape index (κ2) is 3.05. The zero-order chi connectivity index (χ0) is 11.2. The van der Waals surface area contributed by atoms with Crippen LogP contribution in [0.3, 0.4) is 0 Å². The number of aromatic nitrogens is 2. The van der Waals surface area contributed by atoms with E-state index in [1.165, 1.54) is 13.2 Å². The lowest BCUT2D eigenvalue weighted by Crippen LogP contribution is -1.91. The molecule has 2 aromatic rings. The third kappa shape index (κ3) is 1.20. The van der Waals surface area contributed by atoms with Gasteiger partial charge in [-0.3, -0.25) is 0 Å². The van der Waals surface area contributed by atoms with Crippen LogP contribution in [0.2, 0.25) is 0 Å². The van der Waals surface area contributed by atoms with Crippen LogP contribution < -0.4 is 4.74 Å². The van der Waals surface area contributed by atoms with Crippen LogP contribution >= 0.6 is 0 Å². The monoisotopic (exact) mass is 208 g/mol. The summed E-state index contributed by atoms with van der Waals surface area (Å²) in [6.45, 7) is 1.80. The van der Waals surface area contributed by atoms with Gasteiger partial charge in [0.25, 0.3) is 0 Å². The summed E-state index contributed by atoms with van der Waals surface area (Å²) in [5.74, 6) is 0.929. The number of imidazole rings is 1. The number of phenolic OH excluding ortho intramolecular Hbond substituents is 2. The first-order valence-electron chi connectivity index (χ1n) is 4.48. The van der Waals surface area contributed by atoms with Gasteiger partial charge >= 0.3 is 0 Å². The highest BCUT2D eigenvalue weighted by Crippen LogP contribution is 2.39. The van der Waals surface area contributed by atoms with E-state index in [2.05, 4.69) is 4.98 Å². The van der Waals surface area contributed by atoms with E-state index in [4.69, 9.17) is 4.74 Å². The summed E-state index contributed by atoms with van der Waals surface area (Å²) < 4.78 is 6.64. The van der Waals surface area contributed by atoms with Gasteiger partial charge in [-0.1, -0.05) is 0 Å². The first kappa shape index (κ1) is 9.64. The normalized spacial score (nSPS) is 10.9. The molecule has 1 heterocycles. The van der Waals surface area contributed by atoms with Gasteiger partial charge in [0, 0.05) is 13.1 Å². The Labute approximate surface area is 86.5 Å². The molecule has 5 nitrogen and oxygen atoms in total. The number of ether oxygens (including phenoxy) is 1. The molecule has 0 bridgehead atoms. The minimum atomic E-state index is -0.0472. The molecule has 1 aromatic heterocycles. The number of fused-ring (bicyclic) bond motifs is 1. The second-order valence-electron chi connectivity index (χ2n) is 3.36. The van der Waals surface area contributed by atoms with E-state index in [9.17, 15) is 10.2 Å². The third-order valence-corrected chi connectivity index (χ3v) is 2.51. The number of aryl methyl sites for hydroxylation is 2. The Morgan fingerprint density at radius 1 is 1.40 bits per heavy atom. The van der Waals surface area contributed by atoms with E-state index >= 15 is 0 Å². The Morgan fingerprint density at radius 2 is 2.07 bits per heavy atom. The van der Waals surface area contributed by atoms with Crippen molar-refractivity contribution in [3.63, 3.8) is 0 Å². The van der Waals surface area contributed by atoms with Crippen molar-refractivity contribution in [3.05, 3.63) is 11.9 Å². The minimum Gasteiger partial charge on any atom is -0.506 e. The lowest BCUT2D eigenvalue weighted by molar-refractivity contribution is 0.372. The first-order chi connectivity index (χ1) is 7.06. The predicted molar refractivity (Wildman–Crippen MR) is 55.3 cm³/mol. The summed E-state index contributed by atoms with van der Waals surface area (Å²) in [6.07, 6.45) is 0. The summed E-state index contributed by atoms with van der Waals surface area (Å²) in [5.41, 5.74) is 0.859. The predicted octanol–water partition coefficient (Wildman–Crippen LogP) is 1.30. The molecule has 0 aliphatic heterocycles. The maximum atomic E-state index is 9.80. The van der Waals surface area contributed by atoms with Crippen molar-refractivity contribution in [2.24, 2.45) is 7.05 Å². The number of methoxy groups -OCH3 is 1. The summed E-state index contributed by atoms with van der Waals surface area (Å²) in [5, 5.41) is 19.5. The fourth-order valence-corrected chi connectivity index (χ4v) is 1.60. The van der Waals surface area contributed by atoms with E-state index in [0.29, 0.717) is 16.9 Å². The fraction of sp³-hybridized carbons (Fsp3) is 0.300. The molecule has 0 aliphatic rings. The number of hydrogen-bond acceptors (Lipinski definition) is 4. The van der Waals surface area contributed by atoms with Gasteiger partial charge in [0.15, 0.2) is 11.5 Å². The molecular formula is C10H12N2O3. The number of hydrogen-bond donors (Lipinski definition) is 2. The lowest BCUT2D eigenvalue weighted by Gasteiger charge is -2.05. The molecule has 0 atom stereocenters. The van der Waals surface area contributed by atoms with Crippen LogP contribution in [-0.2, 0) is 7.05 Å². The molecule has 2 rings (SSSR count). The number of rotatable bonds is 1. The second-order valence-corrected chi connectivity index (χ2v) is 3.36. The largest absolute Gasteiger partial charge is 0.506 e. The lowest BCUT2D eigenvalue weighted by atomic mass is 10.2. The van der Waals surface area contributed by atoms with E-state index in [0.717, 1.165) is 0 Å².